The van der Waals surface area contributed by atoms with Gasteiger partial charge in [-0.3, -0.25) is 5.10 Å². The lowest BCUT2D eigenvalue weighted by atomic mass is 10.0. The predicted molar refractivity (Wildman–Crippen MR) is 102 cm³/mol. The lowest BCUT2D eigenvalue weighted by molar-refractivity contribution is 0.0558. The summed E-state index contributed by atoms with van der Waals surface area (Å²) in [5.41, 5.74) is -1.51. The molecule has 0 saturated carbocycles. The van der Waals surface area contributed by atoms with E-state index in [-0.39, 0.29) is 30.3 Å². The molecule has 1 aromatic carbocycles. The minimum absolute atomic E-state index is 0.0163. The molecule has 1 fully saturated rings. The number of hydrogen-bond acceptors (Lipinski definition) is 8. The number of morpholine rings is 1. The van der Waals surface area contributed by atoms with Crippen molar-refractivity contribution in [3.05, 3.63) is 46.4 Å². The van der Waals surface area contributed by atoms with E-state index in [1.807, 2.05) is 4.90 Å². The number of ether oxygens (including phenoxy) is 1. The minimum atomic E-state index is -2.95. The molecule has 0 spiro atoms. The van der Waals surface area contributed by atoms with Crippen LogP contribution in [0.1, 0.15) is 11.4 Å². The Labute approximate surface area is 169 Å². The van der Waals surface area contributed by atoms with Gasteiger partial charge in [0.05, 0.1) is 29.3 Å². The molecular formula is C19H19F2N7O2. The maximum Gasteiger partial charge on any atom is 0.289 e. The molecule has 0 amide bonds. The zero-order valence-electron chi connectivity index (χ0n) is 15.9. The summed E-state index contributed by atoms with van der Waals surface area (Å²) in [4.78, 5) is 19.5. The van der Waals surface area contributed by atoms with Crippen LogP contribution in [0, 0.1) is 0 Å². The summed E-state index contributed by atoms with van der Waals surface area (Å²) in [6, 6.07) is 6.74. The molecule has 0 unspecified atom stereocenters. The minimum Gasteiger partial charge on any atom is -0.396 e. The fraction of sp³-hybridized carbons (Fsp3) is 0.421. The molecule has 2 aliphatic rings. The molecule has 0 aliphatic carbocycles. The molecule has 156 valence electrons. The third kappa shape index (κ3) is 2.92. The van der Waals surface area contributed by atoms with E-state index in [0.29, 0.717) is 48.1 Å². The standard InChI is InChI=1S/C19H19F2N7O2/c20-17(21)19(24-11-3-1-2-4-12(11)25-19)15-14-13(5-8-29)26-27-16(14)23-18(22-15)28-6-9-30-10-7-28/h1-4,17,29H,5-10H2,(H,22,23,26,27). The van der Waals surface area contributed by atoms with Crippen LogP contribution >= 0.6 is 0 Å². The Balaban J connectivity index is 1.79. The average molecular weight is 415 g/mol. The SMILES string of the molecule is OCCc1[nH]nc2nc(N3CCOCC3)nc(C3(C(F)F)N=c4ccccc4=N3)c12. The van der Waals surface area contributed by atoms with Gasteiger partial charge in [0, 0.05) is 31.8 Å². The van der Waals surface area contributed by atoms with Gasteiger partial charge in [-0.05, 0) is 12.1 Å². The number of aromatic amines is 1. The number of para-hydroxylation sites is 2. The molecule has 0 bridgehead atoms. The molecule has 1 saturated heterocycles. The van der Waals surface area contributed by atoms with Crippen molar-refractivity contribution in [1.29, 1.82) is 0 Å². The van der Waals surface area contributed by atoms with E-state index in [1.165, 1.54) is 0 Å². The molecule has 2 aromatic heterocycles. The van der Waals surface area contributed by atoms with Crippen LogP contribution in [0.3, 0.4) is 0 Å². The molecule has 4 heterocycles. The van der Waals surface area contributed by atoms with Crippen molar-refractivity contribution >= 4 is 17.0 Å². The van der Waals surface area contributed by atoms with Gasteiger partial charge in [-0.2, -0.15) is 10.1 Å². The molecule has 11 heteroatoms. The van der Waals surface area contributed by atoms with E-state index in [2.05, 4.69) is 30.2 Å². The highest BCUT2D eigenvalue weighted by Gasteiger charge is 2.47. The van der Waals surface area contributed by atoms with Crippen LogP contribution in [0.15, 0.2) is 34.3 Å². The first kappa shape index (κ1) is 18.9. The lowest BCUT2D eigenvalue weighted by Crippen LogP contribution is -2.38. The summed E-state index contributed by atoms with van der Waals surface area (Å²) in [7, 11) is 0. The second-order valence-corrected chi connectivity index (χ2v) is 7.09. The van der Waals surface area contributed by atoms with Crippen molar-refractivity contribution in [2.24, 2.45) is 9.98 Å². The summed E-state index contributed by atoms with van der Waals surface area (Å²) < 4.78 is 34.6. The van der Waals surface area contributed by atoms with Crippen LogP contribution < -0.4 is 15.6 Å². The number of aliphatic hydroxyl groups excluding tert-OH is 1. The molecule has 30 heavy (non-hydrogen) atoms. The van der Waals surface area contributed by atoms with Crippen molar-refractivity contribution in [2.45, 2.75) is 18.5 Å². The number of nitrogens with zero attached hydrogens (tertiary/aromatic N) is 6. The van der Waals surface area contributed by atoms with Crippen molar-refractivity contribution in [3.8, 4) is 0 Å². The summed E-state index contributed by atoms with van der Waals surface area (Å²) in [5.74, 6) is 0.282. The van der Waals surface area contributed by atoms with E-state index in [9.17, 15) is 13.9 Å². The molecule has 2 N–H and O–H groups in total. The second kappa shape index (κ2) is 7.33. The highest BCUT2D eigenvalue weighted by atomic mass is 19.3. The average Bonchev–Trinajstić information content (AvgIpc) is 3.36. The number of hydrogen-bond donors (Lipinski definition) is 2. The number of nitrogens with one attached hydrogen (secondary N) is 1. The number of aliphatic hydroxyl groups is 1. The molecule has 2 aliphatic heterocycles. The van der Waals surface area contributed by atoms with Gasteiger partial charge in [0.25, 0.3) is 12.1 Å². The zero-order valence-corrected chi connectivity index (χ0v) is 15.9. The normalized spacial score (nSPS) is 17.8. The molecule has 9 nitrogen and oxygen atoms in total. The third-order valence-corrected chi connectivity index (χ3v) is 5.25. The Morgan fingerprint density at radius 2 is 1.83 bits per heavy atom. The first-order chi connectivity index (χ1) is 14.6. The number of halogens is 2. The van der Waals surface area contributed by atoms with Crippen LogP contribution in [0.4, 0.5) is 14.7 Å². The number of H-pyrrole nitrogens is 1. The van der Waals surface area contributed by atoms with E-state index >= 15 is 0 Å². The van der Waals surface area contributed by atoms with Crippen molar-refractivity contribution in [1.82, 2.24) is 20.2 Å². The fourth-order valence-electron chi connectivity index (χ4n) is 3.79. The number of alkyl halides is 2. The van der Waals surface area contributed by atoms with E-state index in [1.54, 1.807) is 24.3 Å². The molecular weight excluding hydrogens is 396 g/mol. The molecule has 5 rings (SSSR count). The van der Waals surface area contributed by atoms with Gasteiger partial charge in [0.2, 0.25) is 5.95 Å². The Morgan fingerprint density at radius 1 is 1.13 bits per heavy atom. The second-order valence-electron chi connectivity index (χ2n) is 7.09. The van der Waals surface area contributed by atoms with Crippen LogP contribution in [0.25, 0.3) is 11.0 Å². The Bertz CT molecular complexity index is 1170. The fourth-order valence-corrected chi connectivity index (χ4v) is 3.79. The number of fused-ring (bicyclic) bond motifs is 2. The maximum absolute atomic E-state index is 14.6. The van der Waals surface area contributed by atoms with Gasteiger partial charge >= 0.3 is 0 Å². The van der Waals surface area contributed by atoms with E-state index in [4.69, 9.17) is 4.74 Å². The van der Waals surface area contributed by atoms with Gasteiger partial charge in [-0.1, -0.05) is 12.1 Å². The zero-order chi connectivity index (χ0) is 20.7. The van der Waals surface area contributed by atoms with Crippen molar-refractivity contribution in [3.63, 3.8) is 0 Å². The monoisotopic (exact) mass is 415 g/mol. The quantitative estimate of drug-likeness (QED) is 0.611. The van der Waals surface area contributed by atoms with Gasteiger partial charge in [0.1, 0.15) is 5.69 Å². The van der Waals surface area contributed by atoms with Crippen LogP contribution in [-0.2, 0) is 16.8 Å². The van der Waals surface area contributed by atoms with Gasteiger partial charge in [-0.25, -0.2) is 23.7 Å². The highest BCUT2D eigenvalue weighted by Crippen LogP contribution is 2.39. The molecule has 0 radical (unpaired) electrons. The number of rotatable bonds is 5. The number of aromatic nitrogens is 4. The number of benzene rings is 1. The lowest BCUT2D eigenvalue weighted by Gasteiger charge is -2.29. The van der Waals surface area contributed by atoms with Crippen LogP contribution in [-0.4, -0.2) is 64.6 Å². The summed E-state index contributed by atoms with van der Waals surface area (Å²) in [6.45, 7) is 1.88. The van der Waals surface area contributed by atoms with Crippen molar-refractivity contribution in [2.75, 3.05) is 37.8 Å². The third-order valence-electron chi connectivity index (χ3n) is 5.25. The van der Waals surface area contributed by atoms with Gasteiger partial charge < -0.3 is 14.7 Å². The highest BCUT2D eigenvalue weighted by molar-refractivity contribution is 5.83. The van der Waals surface area contributed by atoms with Gasteiger partial charge in [-0.15, -0.1) is 0 Å². The Kier molecular flexibility index (Phi) is 4.63. The Morgan fingerprint density at radius 3 is 2.47 bits per heavy atom. The maximum atomic E-state index is 14.6. The summed E-state index contributed by atoms with van der Waals surface area (Å²) in [6.07, 6.45) is -2.76. The van der Waals surface area contributed by atoms with Crippen LogP contribution in [0.2, 0.25) is 0 Å². The summed E-state index contributed by atoms with van der Waals surface area (Å²) >= 11 is 0. The summed E-state index contributed by atoms with van der Waals surface area (Å²) in [5, 5.41) is 17.5. The topological polar surface area (TPSA) is 112 Å². The van der Waals surface area contributed by atoms with E-state index in [0.717, 1.165) is 0 Å². The van der Waals surface area contributed by atoms with Gasteiger partial charge in [0.15, 0.2) is 5.65 Å². The smallest absolute Gasteiger partial charge is 0.289 e. The first-order valence-electron chi connectivity index (χ1n) is 9.64. The van der Waals surface area contributed by atoms with E-state index < -0.39 is 12.1 Å². The molecule has 0 atom stereocenters. The first-order valence-corrected chi connectivity index (χ1v) is 9.64. The van der Waals surface area contributed by atoms with Crippen molar-refractivity contribution < 1.29 is 18.6 Å². The number of anilines is 1. The Hall–Kier alpha value is -3.05. The molecule has 3 aromatic rings. The predicted octanol–water partition coefficient (Wildman–Crippen LogP) is 0.0952. The largest absolute Gasteiger partial charge is 0.396 e. The van der Waals surface area contributed by atoms with Crippen LogP contribution in [0.5, 0.6) is 0 Å².